The van der Waals surface area contributed by atoms with Crippen molar-refractivity contribution in [2.75, 3.05) is 12.3 Å². The molecular weight excluding hydrogens is 216 g/mol. The van der Waals surface area contributed by atoms with Gasteiger partial charge >= 0.3 is 0 Å². The lowest BCUT2D eigenvalue weighted by Crippen LogP contribution is -2.02. The zero-order chi connectivity index (χ0) is 8.97. The minimum Gasteiger partial charge on any atom is -0.398 e. The summed E-state index contributed by atoms with van der Waals surface area (Å²) in [6, 6.07) is 5.96. The lowest BCUT2D eigenvalue weighted by atomic mass is 10.1. The van der Waals surface area contributed by atoms with Gasteiger partial charge in [-0.25, -0.2) is 0 Å². The third kappa shape index (κ3) is 2.50. The van der Waals surface area contributed by atoms with Crippen LogP contribution < -0.4 is 11.5 Å². The highest BCUT2D eigenvalue weighted by Crippen LogP contribution is 2.19. The topological polar surface area (TPSA) is 52.0 Å². The summed E-state index contributed by atoms with van der Waals surface area (Å²) in [5, 5.41) is 0. The molecule has 0 aromatic heterocycles. The maximum atomic E-state index is 5.79. The molecule has 0 saturated heterocycles. The molecule has 0 amide bonds. The lowest BCUT2D eigenvalue weighted by molar-refractivity contribution is 0.834. The normalized spacial score (nSPS) is 10.2. The Hall–Kier alpha value is -0.540. The van der Waals surface area contributed by atoms with Crippen LogP contribution in [0.1, 0.15) is 12.0 Å². The van der Waals surface area contributed by atoms with Gasteiger partial charge in [0.25, 0.3) is 0 Å². The second-order valence-corrected chi connectivity index (χ2v) is 3.65. The first-order valence-electron chi connectivity index (χ1n) is 3.98. The molecule has 66 valence electrons. The molecule has 0 unspecified atom stereocenters. The number of anilines is 1. The molecule has 0 aliphatic heterocycles. The largest absolute Gasteiger partial charge is 0.398 e. The van der Waals surface area contributed by atoms with Crippen molar-refractivity contribution < 1.29 is 0 Å². The van der Waals surface area contributed by atoms with E-state index in [-0.39, 0.29) is 0 Å². The molecule has 1 aromatic rings. The van der Waals surface area contributed by atoms with E-state index in [4.69, 9.17) is 11.5 Å². The molecule has 0 spiro atoms. The van der Waals surface area contributed by atoms with Crippen LogP contribution in [0.5, 0.6) is 0 Å². The molecule has 3 heteroatoms. The number of rotatable bonds is 3. The van der Waals surface area contributed by atoms with Gasteiger partial charge < -0.3 is 11.5 Å². The number of halogens is 1. The van der Waals surface area contributed by atoms with E-state index in [0.717, 1.165) is 29.5 Å². The van der Waals surface area contributed by atoms with Gasteiger partial charge in [0.05, 0.1) is 0 Å². The lowest BCUT2D eigenvalue weighted by Gasteiger charge is -2.04. The molecule has 0 radical (unpaired) electrons. The smallest absolute Gasteiger partial charge is 0.0357 e. The standard InChI is InChI=1S/C9H13BrN2/c10-8-4-3-7(2-1-5-11)9(12)6-8/h3-4,6H,1-2,5,11-12H2. The first-order chi connectivity index (χ1) is 5.74. The summed E-state index contributed by atoms with van der Waals surface area (Å²) in [6.45, 7) is 0.718. The van der Waals surface area contributed by atoms with Gasteiger partial charge in [0.1, 0.15) is 0 Å². The molecule has 0 aliphatic carbocycles. The Morgan fingerprint density at radius 3 is 2.67 bits per heavy atom. The van der Waals surface area contributed by atoms with Gasteiger partial charge in [0.2, 0.25) is 0 Å². The van der Waals surface area contributed by atoms with Gasteiger partial charge in [-0.3, -0.25) is 0 Å². The van der Waals surface area contributed by atoms with Gasteiger partial charge in [-0.05, 0) is 37.1 Å². The van der Waals surface area contributed by atoms with Crippen molar-refractivity contribution in [3.63, 3.8) is 0 Å². The second kappa shape index (κ2) is 4.48. The van der Waals surface area contributed by atoms with Crippen molar-refractivity contribution in [3.05, 3.63) is 28.2 Å². The van der Waals surface area contributed by atoms with Crippen molar-refractivity contribution in [2.45, 2.75) is 12.8 Å². The van der Waals surface area contributed by atoms with Crippen LogP contribution in [0.25, 0.3) is 0 Å². The van der Waals surface area contributed by atoms with E-state index < -0.39 is 0 Å². The Bertz CT molecular complexity index is 261. The number of aryl methyl sites for hydroxylation is 1. The first-order valence-corrected chi connectivity index (χ1v) is 4.77. The summed E-state index contributed by atoms with van der Waals surface area (Å²) in [7, 11) is 0. The fourth-order valence-corrected chi connectivity index (χ4v) is 1.46. The van der Waals surface area contributed by atoms with E-state index >= 15 is 0 Å². The molecule has 1 rings (SSSR count). The molecule has 0 heterocycles. The second-order valence-electron chi connectivity index (χ2n) is 2.74. The van der Waals surface area contributed by atoms with Crippen LogP contribution >= 0.6 is 15.9 Å². The van der Waals surface area contributed by atoms with E-state index in [1.807, 2.05) is 18.2 Å². The fraction of sp³-hybridized carbons (Fsp3) is 0.333. The van der Waals surface area contributed by atoms with E-state index in [2.05, 4.69) is 15.9 Å². The minimum absolute atomic E-state index is 0.718. The highest BCUT2D eigenvalue weighted by atomic mass is 79.9. The highest BCUT2D eigenvalue weighted by molar-refractivity contribution is 9.10. The number of hydrogen-bond acceptors (Lipinski definition) is 2. The quantitative estimate of drug-likeness (QED) is 0.778. The van der Waals surface area contributed by atoms with Crippen molar-refractivity contribution in [3.8, 4) is 0 Å². The van der Waals surface area contributed by atoms with Crippen LogP contribution in [0.15, 0.2) is 22.7 Å². The van der Waals surface area contributed by atoms with E-state index in [0.29, 0.717) is 0 Å². The Balaban J connectivity index is 2.72. The number of nitrogen functional groups attached to an aromatic ring is 1. The number of hydrogen-bond donors (Lipinski definition) is 2. The average molecular weight is 229 g/mol. The molecule has 0 aliphatic rings. The van der Waals surface area contributed by atoms with Crippen LogP contribution in [0.2, 0.25) is 0 Å². The minimum atomic E-state index is 0.718. The number of nitrogens with two attached hydrogens (primary N) is 2. The molecule has 12 heavy (non-hydrogen) atoms. The summed E-state index contributed by atoms with van der Waals surface area (Å²) in [6.07, 6.45) is 1.96. The Morgan fingerprint density at radius 2 is 2.08 bits per heavy atom. The summed E-state index contributed by atoms with van der Waals surface area (Å²) >= 11 is 3.36. The maximum absolute atomic E-state index is 5.79. The fourth-order valence-electron chi connectivity index (χ4n) is 1.09. The third-order valence-electron chi connectivity index (χ3n) is 1.76. The molecule has 4 N–H and O–H groups in total. The monoisotopic (exact) mass is 228 g/mol. The number of benzene rings is 1. The zero-order valence-electron chi connectivity index (χ0n) is 6.89. The molecule has 0 bridgehead atoms. The average Bonchev–Trinajstić information content (AvgIpc) is 2.03. The molecule has 0 saturated carbocycles. The van der Waals surface area contributed by atoms with Gasteiger partial charge in [0, 0.05) is 10.2 Å². The van der Waals surface area contributed by atoms with E-state index in [1.54, 1.807) is 0 Å². The SMILES string of the molecule is NCCCc1ccc(Br)cc1N. The third-order valence-corrected chi connectivity index (χ3v) is 2.25. The Labute approximate surface area is 81.1 Å². The highest BCUT2D eigenvalue weighted by Gasteiger charge is 1.98. The first kappa shape index (κ1) is 9.55. The van der Waals surface area contributed by atoms with E-state index in [9.17, 15) is 0 Å². The Morgan fingerprint density at radius 1 is 1.33 bits per heavy atom. The molecule has 0 fully saturated rings. The van der Waals surface area contributed by atoms with Crippen LogP contribution in [0.4, 0.5) is 5.69 Å². The molecular formula is C9H13BrN2. The maximum Gasteiger partial charge on any atom is 0.0357 e. The van der Waals surface area contributed by atoms with Gasteiger partial charge in [0.15, 0.2) is 0 Å². The van der Waals surface area contributed by atoms with Gasteiger partial charge in [-0.2, -0.15) is 0 Å². The molecule has 1 aromatic carbocycles. The zero-order valence-corrected chi connectivity index (χ0v) is 8.47. The van der Waals surface area contributed by atoms with Crippen LogP contribution in [0.3, 0.4) is 0 Å². The summed E-state index contributed by atoms with van der Waals surface area (Å²) < 4.78 is 1.02. The Kier molecular flexibility index (Phi) is 3.56. The van der Waals surface area contributed by atoms with Crippen molar-refractivity contribution in [2.24, 2.45) is 5.73 Å². The summed E-state index contributed by atoms with van der Waals surface area (Å²) in [5.41, 5.74) is 13.2. The predicted octanol–water partition coefficient (Wildman–Crippen LogP) is 1.92. The molecule has 2 nitrogen and oxygen atoms in total. The van der Waals surface area contributed by atoms with Crippen LogP contribution in [-0.2, 0) is 6.42 Å². The summed E-state index contributed by atoms with van der Waals surface area (Å²) in [4.78, 5) is 0. The van der Waals surface area contributed by atoms with Crippen molar-refractivity contribution in [1.29, 1.82) is 0 Å². The van der Waals surface area contributed by atoms with Gasteiger partial charge in [-0.15, -0.1) is 0 Å². The van der Waals surface area contributed by atoms with Crippen molar-refractivity contribution in [1.82, 2.24) is 0 Å². The van der Waals surface area contributed by atoms with Crippen LogP contribution in [0, 0.1) is 0 Å². The van der Waals surface area contributed by atoms with Crippen LogP contribution in [-0.4, -0.2) is 6.54 Å². The predicted molar refractivity (Wildman–Crippen MR) is 55.9 cm³/mol. The summed E-state index contributed by atoms with van der Waals surface area (Å²) in [5.74, 6) is 0. The van der Waals surface area contributed by atoms with Crippen molar-refractivity contribution >= 4 is 21.6 Å². The van der Waals surface area contributed by atoms with Gasteiger partial charge in [-0.1, -0.05) is 22.0 Å². The molecule has 0 atom stereocenters. The van der Waals surface area contributed by atoms with E-state index in [1.165, 1.54) is 5.56 Å².